The molecule has 2 heteroatoms. The van der Waals surface area contributed by atoms with Gasteiger partial charge in [0.25, 0.3) is 0 Å². The molecule has 2 heterocycles. The van der Waals surface area contributed by atoms with Gasteiger partial charge >= 0.3 is 0 Å². The minimum atomic E-state index is 0.782. The van der Waals surface area contributed by atoms with Crippen molar-refractivity contribution in [3.63, 3.8) is 0 Å². The minimum absolute atomic E-state index is 0.782. The van der Waals surface area contributed by atoms with Gasteiger partial charge in [-0.2, -0.15) is 0 Å². The molecule has 2 aliphatic heterocycles. The highest BCUT2D eigenvalue weighted by Gasteiger charge is 2.33. The highest BCUT2D eigenvalue weighted by atomic mass is 15.2. The Kier molecular flexibility index (Phi) is 3.24. The van der Waals surface area contributed by atoms with Gasteiger partial charge in [0.2, 0.25) is 0 Å². The largest absolute Gasteiger partial charge is 0.310 e. The van der Waals surface area contributed by atoms with Crippen molar-refractivity contribution < 1.29 is 0 Å². The van der Waals surface area contributed by atoms with Crippen molar-refractivity contribution in [3.05, 3.63) is 11.6 Å². The fourth-order valence-electron chi connectivity index (χ4n) is 2.63. The van der Waals surface area contributed by atoms with Crippen molar-refractivity contribution in [2.75, 3.05) is 26.2 Å². The van der Waals surface area contributed by atoms with Gasteiger partial charge in [-0.1, -0.05) is 11.6 Å². The van der Waals surface area contributed by atoms with Crippen LogP contribution in [0, 0.1) is 5.92 Å². The summed E-state index contributed by atoms with van der Waals surface area (Å²) in [6.07, 6.45) is 5.05. The Morgan fingerprint density at radius 1 is 1.36 bits per heavy atom. The molecule has 2 nitrogen and oxygen atoms in total. The molecule has 3 unspecified atom stereocenters. The van der Waals surface area contributed by atoms with Crippen LogP contribution in [0.25, 0.3) is 0 Å². The lowest BCUT2D eigenvalue weighted by Gasteiger charge is -2.30. The zero-order chi connectivity index (χ0) is 9.97. The summed E-state index contributed by atoms with van der Waals surface area (Å²) >= 11 is 0. The second kappa shape index (κ2) is 4.45. The molecule has 0 aromatic rings. The molecule has 0 aromatic carbocycles. The average molecular weight is 194 g/mol. The molecule has 2 fully saturated rings. The smallest absolute Gasteiger partial charge is 0.0140 e. The van der Waals surface area contributed by atoms with Crippen molar-refractivity contribution in [3.8, 4) is 0 Å². The van der Waals surface area contributed by atoms with E-state index >= 15 is 0 Å². The lowest BCUT2D eigenvalue weighted by Crippen LogP contribution is -2.43. The summed E-state index contributed by atoms with van der Waals surface area (Å²) in [5, 5.41) is 3.68. The second-order valence-corrected chi connectivity index (χ2v) is 4.93. The van der Waals surface area contributed by atoms with Gasteiger partial charge in [0.05, 0.1) is 0 Å². The van der Waals surface area contributed by atoms with Gasteiger partial charge in [-0.3, -0.25) is 0 Å². The fourth-order valence-corrected chi connectivity index (χ4v) is 2.63. The van der Waals surface area contributed by atoms with E-state index in [0.29, 0.717) is 0 Å². The van der Waals surface area contributed by atoms with Gasteiger partial charge < -0.3 is 10.2 Å². The molecule has 0 aliphatic carbocycles. The maximum atomic E-state index is 3.68. The van der Waals surface area contributed by atoms with Crippen LogP contribution in [0.3, 0.4) is 0 Å². The number of hydrogen-bond acceptors (Lipinski definition) is 2. The van der Waals surface area contributed by atoms with Crippen LogP contribution >= 0.6 is 0 Å². The van der Waals surface area contributed by atoms with Crippen molar-refractivity contribution in [2.24, 2.45) is 5.92 Å². The van der Waals surface area contributed by atoms with Crippen LogP contribution in [0.1, 0.15) is 26.7 Å². The highest BCUT2D eigenvalue weighted by molar-refractivity contribution is 4.97. The average Bonchev–Trinajstić information content (AvgIpc) is 2.52. The molecule has 2 saturated heterocycles. The van der Waals surface area contributed by atoms with Crippen LogP contribution in [-0.2, 0) is 0 Å². The predicted octanol–water partition coefficient (Wildman–Crippen LogP) is 1.64. The summed E-state index contributed by atoms with van der Waals surface area (Å²) in [5.74, 6) is 0.925. The number of fused-ring (bicyclic) bond motifs is 2. The SMILES string of the molecule is CC(C)=CCNC1CCN2CCC1C2. The first kappa shape index (κ1) is 10.2. The Morgan fingerprint density at radius 3 is 2.93 bits per heavy atom. The Bertz CT molecular complexity index is 218. The maximum absolute atomic E-state index is 3.68. The van der Waals surface area contributed by atoms with Crippen molar-refractivity contribution in [1.29, 1.82) is 0 Å². The molecule has 14 heavy (non-hydrogen) atoms. The first-order chi connectivity index (χ1) is 6.75. The molecule has 2 aliphatic rings. The third kappa shape index (κ3) is 2.37. The van der Waals surface area contributed by atoms with Crippen LogP contribution in [0.4, 0.5) is 0 Å². The van der Waals surface area contributed by atoms with E-state index in [2.05, 4.69) is 30.1 Å². The molecule has 0 aromatic heterocycles. The normalized spacial score (nSPS) is 35.7. The number of nitrogens with one attached hydrogen (secondary N) is 1. The molecular formula is C12H22N2. The van der Waals surface area contributed by atoms with E-state index in [-0.39, 0.29) is 0 Å². The highest BCUT2D eigenvalue weighted by Crippen LogP contribution is 2.26. The zero-order valence-corrected chi connectivity index (χ0v) is 9.42. The lowest BCUT2D eigenvalue weighted by molar-refractivity contribution is 0.225. The molecule has 0 spiro atoms. The minimum Gasteiger partial charge on any atom is -0.310 e. The third-order valence-electron chi connectivity index (χ3n) is 3.52. The number of piperidine rings is 1. The maximum Gasteiger partial charge on any atom is 0.0140 e. The van der Waals surface area contributed by atoms with Crippen molar-refractivity contribution in [2.45, 2.75) is 32.7 Å². The molecule has 1 N–H and O–H groups in total. The summed E-state index contributed by atoms with van der Waals surface area (Å²) < 4.78 is 0. The van der Waals surface area contributed by atoms with Crippen LogP contribution in [0.15, 0.2) is 11.6 Å². The second-order valence-electron chi connectivity index (χ2n) is 4.93. The summed E-state index contributed by atoms with van der Waals surface area (Å²) in [6, 6.07) is 0.782. The Balaban J connectivity index is 1.78. The summed E-state index contributed by atoms with van der Waals surface area (Å²) in [6.45, 7) is 9.38. The summed E-state index contributed by atoms with van der Waals surface area (Å²) in [4.78, 5) is 2.60. The van der Waals surface area contributed by atoms with Gasteiger partial charge in [0, 0.05) is 19.1 Å². The molecule has 0 amide bonds. The Labute approximate surface area is 87.4 Å². The fraction of sp³-hybridized carbons (Fsp3) is 0.833. The van der Waals surface area contributed by atoms with E-state index in [9.17, 15) is 0 Å². The molecule has 80 valence electrons. The van der Waals surface area contributed by atoms with E-state index in [1.807, 2.05) is 0 Å². The van der Waals surface area contributed by atoms with E-state index in [1.54, 1.807) is 0 Å². The van der Waals surface area contributed by atoms with E-state index in [4.69, 9.17) is 0 Å². The van der Waals surface area contributed by atoms with Crippen LogP contribution in [0.5, 0.6) is 0 Å². The molecule has 0 radical (unpaired) electrons. The van der Waals surface area contributed by atoms with Gasteiger partial charge in [-0.05, 0) is 45.7 Å². The number of rotatable bonds is 3. The molecule has 3 atom stereocenters. The number of hydrogen-bond donors (Lipinski definition) is 1. The first-order valence-electron chi connectivity index (χ1n) is 5.85. The van der Waals surface area contributed by atoms with E-state index in [0.717, 1.165) is 18.5 Å². The first-order valence-corrected chi connectivity index (χ1v) is 5.85. The standard InChI is InChI=1S/C12H22N2/c1-10(2)3-6-13-12-5-8-14-7-4-11(12)9-14/h3,11-13H,4-9H2,1-2H3. The Hall–Kier alpha value is -0.340. The van der Waals surface area contributed by atoms with Crippen molar-refractivity contribution in [1.82, 2.24) is 10.2 Å². The monoisotopic (exact) mass is 194 g/mol. The van der Waals surface area contributed by atoms with E-state index in [1.165, 1.54) is 38.0 Å². The topological polar surface area (TPSA) is 15.3 Å². The Morgan fingerprint density at radius 2 is 2.14 bits per heavy atom. The number of nitrogens with zero attached hydrogens (tertiary/aromatic N) is 1. The predicted molar refractivity (Wildman–Crippen MR) is 60.4 cm³/mol. The van der Waals surface area contributed by atoms with Crippen LogP contribution in [-0.4, -0.2) is 37.1 Å². The van der Waals surface area contributed by atoms with Gasteiger partial charge in [0.1, 0.15) is 0 Å². The van der Waals surface area contributed by atoms with Gasteiger partial charge in [0.15, 0.2) is 0 Å². The number of allylic oxidation sites excluding steroid dienone is 1. The van der Waals surface area contributed by atoms with Gasteiger partial charge in [-0.15, -0.1) is 0 Å². The molecule has 0 saturated carbocycles. The molecule has 2 rings (SSSR count). The molecular weight excluding hydrogens is 172 g/mol. The quantitative estimate of drug-likeness (QED) is 0.687. The third-order valence-corrected chi connectivity index (χ3v) is 3.52. The van der Waals surface area contributed by atoms with Crippen LogP contribution < -0.4 is 5.32 Å². The van der Waals surface area contributed by atoms with Gasteiger partial charge in [-0.25, -0.2) is 0 Å². The lowest BCUT2D eigenvalue weighted by atomic mass is 9.94. The van der Waals surface area contributed by atoms with Crippen molar-refractivity contribution >= 4 is 0 Å². The summed E-state index contributed by atoms with van der Waals surface area (Å²) in [7, 11) is 0. The summed E-state index contributed by atoms with van der Waals surface area (Å²) in [5.41, 5.74) is 1.42. The van der Waals surface area contributed by atoms with E-state index < -0.39 is 0 Å². The van der Waals surface area contributed by atoms with Crippen LogP contribution in [0.2, 0.25) is 0 Å². The molecule has 2 bridgehead atoms. The zero-order valence-electron chi connectivity index (χ0n) is 9.42.